The summed E-state index contributed by atoms with van der Waals surface area (Å²) in [6.07, 6.45) is 1.98. The monoisotopic (exact) mass is 359 g/mol. The molecule has 4 nitrogen and oxygen atoms in total. The van der Waals surface area contributed by atoms with Crippen LogP contribution in [0.5, 0.6) is 5.75 Å². The molecule has 0 atom stereocenters. The van der Waals surface area contributed by atoms with Crippen molar-refractivity contribution in [2.75, 3.05) is 13.2 Å². The summed E-state index contributed by atoms with van der Waals surface area (Å²) in [5, 5.41) is 6.08. The van der Waals surface area contributed by atoms with E-state index >= 15 is 0 Å². The van der Waals surface area contributed by atoms with Crippen LogP contribution in [0.25, 0.3) is 21.8 Å². The van der Waals surface area contributed by atoms with E-state index in [1.165, 1.54) is 16.3 Å². The highest BCUT2D eigenvalue weighted by Crippen LogP contribution is 2.28. The Hall–Kier alpha value is -2.85. The maximum absolute atomic E-state index is 5.85. The normalized spacial score (nSPS) is 11.3. The predicted octanol–water partition coefficient (Wildman–Crippen LogP) is 4.84. The molecule has 138 valence electrons. The van der Waals surface area contributed by atoms with Crippen LogP contribution in [0.4, 0.5) is 0 Å². The number of para-hydroxylation sites is 2. The Labute approximate surface area is 159 Å². The molecular weight excluding hydrogens is 334 g/mol. The second-order valence-corrected chi connectivity index (χ2v) is 6.68. The second kappa shape index (κ2) is 8.23. The number of rotatable bonds is 8. The molecule has 4 heteroatoms. The van der Waals surface area contributed by atoms with Gasteiger partial charge in [0.2, 0.25) is 0 Å². The van der Waals surface area contributed by atoms with Gasteiger partial charge in [-0.15, -0.1) is 0 Å². The summed E-state index contributed by atoms with van der Waals surface area (Å²) in [5.74, 6) is 2.03. The van der Waals surface area contributed by atoms with Crippen LogP contribution in [0.3, 0.4) is 0 Å². The van der Waals surface area contributed by atoms with E-state index in [1.54, 1.807) is 0 Å². The van der Waals surface area contributed by atoms with Gasteiger partial charge >= 0.3 is 0 Å². The van der Waals surface area contributed by atoms with Gasteiger partial charge in [-0.2, -0.15) is 0 Å². The lowest BCUT2D eigenvalue weighted by Crippen LogP contribution is -2.16. The number of nitrogens with zero attached hydrogens (tertiary/aromatic N) is 1. The molecule has 0 unspecified atom stereocenters. The number of aromatic amines is 1. The van der Waals surface area contributed by atoms with Gasteiger partial charge in [-0.05, 0) is 48.9 Å². The number of hydrogen-bond acceptors (Lipinski definition) is 3. The summed E-state index contributed by atoms with van der Waals surface area (Å²) in [7, 11) is 0. The van der Waals surface area contributed by atoms with Crippen LogP contribution in [0.1, 0.15) is 24.7 Å². The number of H-pyrrole nitrogens is 1. The minimum absolute atomic E-state index is 0.678. The first-order valence-electron chi connectivity index (χ1n) is 9.63. The van der Waals surface area contributed by atoms with Crippen LogP contribution in [0, 0.1) is 0 Å². The highest BCUT2D eigenvalue weighted by atomic mass is 16.5. The van der Waals surface area contributed by atoms with Gasteiger partial charge in [-0.1, -0.05) is 42.5 Å². The quantitative estimate of drug-likeness (QED) is 0.443. The molecule has 0 fully saturated rings. The lowest BCUT2D eigenvalue weighted by atomic mass is 10.0. The standard InChI is InChI=1S/C23H25N3O/c1-2-27-22-14-13-17-8-3-4-9-18(17)19(22)16-24-15-7-12-23-25-20-10-5-6-11-21(20)26-23/h3-6,8-11,13-14,24H,2,7,12,15-16H2,1H3,(H,25,26). The topological polar surface area (TPSA) is 49.9 Å². The van der Waals surface area contributed by atoms with Crippen molar-refractivity contribution in [1.29, 1.82) is 0 Å². The maximum atomic E-state index is 5.85. The van der Waals surface area contributed by atoms with Crippen LogP contribution in [0.2, 0.25) is 0 Å². The summed E-state index contributed by atoms with van der Waals surface area (Å²) < 4.78 is 5.85. The van der Waals surface area contributed by atoms with E-state index in [2.05, 4.69) is 57.7 Å². The SMILES string of the molecule is CCOc1ccc2ccccc2c1CNCCCc1nc2ccccc2[nH]1. The average molecular weight is 359 g/mol. The van der Waals surface area contributed by atoms with Crippen molar-refractivity contribution in [1.82, 2.24) is 15.3 Å². The van der Waals surface area contributed by atoms with Gasteiger partial charge in [-0.25, -0.2) is 4.98 Å². The molecule has 4 aromatic rings. The molecular formula is C23H25N3O. The van der Waals surface area contributed by atoms with Crippen molar-refractivity contribution < 1.29 is 4.74 Å². The van der Waals surface area contributed by atoms with Crippen molar-refractivity contribution in [3.63, 3.8) is 0 Å². The molecule has 0 aliphatic carbocycles. The van der Waals surface area contributed by atoms with Gasteiger partial charge in [0.05, 0.1) is 17.6 Å². The van der Waals surface area contributed by atoms with Gasteiger partial charge in [0.1, 0.15) is 11.6 Å². The minimum Gasteiger partial charge on any atom is -0.494 e. The molecule has 0 spiro atoms. The number of hydrogen-bond donors (Lipinski definition) is 2. The van der Waals surface area contributed by atoms with Crippen molar-refractivity contribution in [3.05, 3.63) is 72.1 Å². The van der Waals surface area contributed by atoms with Crippen molar-refractivity contribution in [2.24, 2.45) is 0 Å². The van der Waals surface area contributed by atoms with Crippen LogP contribution < -0.4 is 10.1 Å². The Morgan fingerprint density at radius 2 is 1.85 bits per heavy atom. The number of imidazole rings is 1. The number of aryl methyl sites for hydroxylation is 1. The first-order chi connectivity index (χ1) is 13.3. The van der Waals surface area contributed by atoms with Crippen molar-refractivity contribution >= 4 is 21.8 Å². The Bertz CT molecular complexity index is 1010. The smallest absolute Gasteiger partial charge is 0.124 e. The highest BCUT2D eigenvalue weighted by molar-refractivity contribution is 5.87. The van der Waals surface area contributed by atoms with Crippen LogP contribution in [0.15, 0.2) is 60.7 Å². The summed E-state index contributed by atoms with van der Waals surface area (Å²) >= 11 is 0. The number of aromatic nitrogens is 2. The number of ether oxygens (including phenoxy) is 1. The summed E-state index contributed by atoms with van der Waals surface area (Å²) in [5.41, 5.74) is 3.38. The minimum atomic E-state index is 0.678. The molecule has 1 aromatic heterocycles. The second-order valence-electron chi connectivity index (χ2n) is 6.68. The summed E-state index contributed by atoms with van der Waals surface area (Å²) in [4.78, 5) is 8.04. The Morgan fingerprint density at radius 1 is 1.00 bits per heavy atom. The zero-order chi connectivity index (χ0) is 18.5. The third-order valence-electron chi connectivity index (χ3n) is 4.80. The number of nitrogens with one attached hydrogen (secondary N) is 2. The van der Waals surface area contributed by atoms with Crippen LogP contribution in [-0.2, 0) is 13.0 Å². The van der Waals surface area contributed by atoms with Gasteiger partial charge in [-0.3, -0.25) is 0 Å². The first kappa shape index (κ1) is 17.6. The predicted molar refractivity (Wildman–Crippen MR) is 111 cm³/mol. The Kier molecular flexibility index (Phi) is 5.35. The molecule has 0 bridgehead atoms. The zero-order valence-electron chi connectivity index (χ0n) is 15.7. The van der Waals surface area contributed by atoms with E-state index in [4.69, 9.17) is 4.74 Å². The third-order valence-corrected chi connectivity index (χ3v) is 4.80. The van der Waals surface area contributed by atoms with E-state index < -0.39 is 0 Å². The maximum Gasteiger partial charge on any atom is 0.124 e. The van der Waals surface area contributed by atoms with Crippen LogP contribution in [-0.4, -0.2) is 23.1 Å². The largest absolute Gasteiger partial charge is 0.494 e. The molecule has 1 heterocycles. The van der Waals surface area contributed by atoms with E-state index in [-0.39, 0.29) is 0 Å². The van der Waals surface area contributed by atoms with Crippen LogP contribution >= 0.6 is 0 Å². The van der Waals surface area contributed by atoms with Gasteiger partial charge in [0.15, 0.2) is 0 Å². The average Bonchev–Trinajstić information content (AvgIpc) is 3.12. The summed E-state index contributed by atoms with van der Waals surface area (Å²) in [6.45, 7) is 4.44. The molecule has 0 aliphatic heterocycles. The lowest BCUT2D eigenvalue weighted by Gasteiger charge is -2.14. The lowest BCUT2D eigenvalue weighted by molar-refractivity contribution is 0.336. The third kappa shape index (κ3) is 3.96. The first-order valence-corrected chi connectivity index (χ1v) is 9.63. The van der Waals surface area contributed by atoms with E-state index in [0.717, 1.165) is 48.5 Å². The molecule has 3 aromatic carbocycles. The summed E-state index contributed by atoms with van der Waals surface area (Å²) in [6, 6.07) is 20.9. The molecule has 0 saturated heterocycles. The molecule has 0 saturated carbocycles. The van der Waals surface area contributed by atoms with Gasteiger partial charge in [0.25, 0.3) is 0 Å². The Balaban J connectivity index is 1.37. The number of benzene rings is 3. The van der Waals surface area contributed by atoms with Crippen molar-refractivity contribution in [3.8, 4) is 5.75 Å². The zero-order valence-corrected chi connectivity index (χ0v) is 15.7. The molecule has 0 aliphatic rings. The molecule has 27 heavy (non-hydrogen) atoms. The highest BCUT2D eigenvalue weighted by Gasteiger charge is 2.08. The molecule has 0 amide bonds. The van der Waals surface area contributed by atoms with Crippen molar-refractivity contribution in [2.45, 2.75) is 26.3 Å². The van der Waals surface area contributed by atoms with E-state index in [0.29, 0.717) is 6.61 Å². The fraction of sp³-hybridized carbons (Fsp3) is 0.261. The Morgan fingerprint density at radius 3 is 2.74 bits per heavy atom. The fourth-order valence-electron chi connectivity index (χ4n) is 3.51. The number of fused-ring (bicyclic) bond motifs is 2. The molecule has 2 N–H and O–H groups in total. The molecule has 0 radical (unpaired) electrons. The van der Waals surface area contributed by atoms with Gasteiger partial charge < -0.3 is 15.0 Å². The fourth-order valence-corrected chi connectivity index (χ4v) is 3.51. The van der Waals surface area contributed by atoms with Gasteiger partial charge in [0, 0.05) is 18.5 Å². The van der Waals surface area contributed by atoms with E-state index in [1.807, 2.05) is 25.1 Å². The van der Waals surface area contributed by atoms with E-state index in [9.17, 15) is 0 Å². The molecule has 4 rings (SSSR count).